The normalized spacial score (nSPS) is 19.9. The number of anilines is 1. The first-order chi connectivity index (χ1) is 10.4. The molecule has 22 heavy (non-hydrogen) atoms. The predicted molar refractivity (Wildman–Crippen MR) is 88.3 cm³/mol. The summed E-state index contributed by atoms with van der Waals surface area (Å²) in [5.41, 5.74) is 0.398. The van der Waals surface area contributed by atoms with Crippen LogP contribution in [0.15, 0.2) is 18.2 Å². The molecule has 7 heteroatoms. The van der Waals surface area contributed by atoms with Crippen molar-refractivity contribution in [2.45, 2.75) is 6.42 Å². The van der Waals surface area contributed by atoms with E-state index in [0.29, 0.717) is 28.7 Å². The van der Waals surface area contributed by atoms with Crippen molar-refractivity contribution in [1.29, 1.82) is 0 Å². The van der Waals surface area contributed by atoms with Gasteiger partial charge in [0.2, 0.25) is 11.8 Å². The van der Waals surface area contributed by atoms with Gasteiger partial charge in [-0.15, -0.1) is 0 Å². The highest BCUT2D eigenvalue weighted by Gasteiger charge is 2.48. The molecule has 1 saturated carbocycles. The highest BCUT2D eigenvalue weighted by atomic mass is 35.5. The van der Waals surface area contributed by atoms with Gasteiger partial charge in [0.1, 0.15) is 0 Å². The fourth-order valence-corrected chi connectivity index (χ4v) is 2.63. The van der Waals surface area contributed by atoms with Gasteiger partial charge in [-0.1, -0.05) is 29.3 Å². The highest BCUT2D eigenvalue weighted by molar-refractivity contribution is 6.39. The van der Waals surface area contributed by atoms with Gasteiger partial charge in [0.15, 0.2) is 0 Å². The number of hydrogen-bond donors (Lipinski definition) is 2. The van der Waals surface area contributed by atoms with Crippen LogP contribution in [0, 0.1) is 11.8 Å². The molecule has 1 aliphatic carbocycles. The Bertz CT molecular complexity index is 558. The largest absolute Gasteiger partial charge is 0.355 e. The van der Waals surface area contributed by atoms with Gasteiger partial charge in [0, 0.05) is 13.1 Å². The standard InChI is InChI=1S/C15H19Cl2N3O2/c1-20(2)7-6-18-14(21)9-8-10(9)15(22)19-13-11(16)4-3-5-12(13)17/h3-5,9-10H,6-8H2,1-2H3,(H,18,21)(H,19,22). The molecule has 2 amide bonds. The Hall–Kier alpha value is -1.30. The van der Waals surface area contributed by atoms with Crippen LogP contribution in [-0.2, 0) is 9.59 Å². The lowest BCUT2D eigenvalue weighted by atomic mass is 10.2. The van der Waals surface area contributed by atoms with Gasteiger partial charge in [0.25, 0.3) is 0 Å². The molecule has 0 radical (unpaired) electrons. The molecule has 0 heterocycles. The first-order valence-electron chi connectivity index (χ1n) is 7.07. The van der Waals surface area contributed by atoms with E-state index in [-0.39, 0.29) is 23.7 Å². The topological polar surface area (TPSA) is 61.4 Å². The van der Waals surface area contributed by atoms with Crippen molar-refractivity contribution in [2.24, 2.45) is 11.8 Å². The van der Waals surface area contributed by atoms with E-state index in [1.54, 1.807) is 18.2 Å². The van der Waals surface area contributed by atoms with Crippen molar-refractivity contribution in [1.82, 2.24) is 10.2 Å². The second kappa shape index (κ2) is 7.31. The lowest BCUT2D eigenvalue weighted by molar-refractivity contribution is -0.125. The number of carbonyl (C=O) groups excluding carboxylic acids is 2. The average Bonchev–Trinajstić information content (AvgIpc) is 3.23. The summed E-state index contributed by atoms with van der Waals surface area (Å²) in [6.45, 7) is 1.34. The Balaban J connectivity index is 1.84. The molecule has 2 unspecified atom stereocenters. The monoisotopic (exact) mass is 343 g/mol. The van der Waals surface area contributed by atoms with Crippen molar-refractivity contribution in [3.63, 3.8) is 0 Å². The molecule has 0 bridgehead atoms. The van der Waals surface area contributed by atoms with Gasteiger partial charge >= 0.3 is 0 Å². The minimum Gasteiger partial charge on any atom is -0.355 e. The van der Waals surface area contributed by atoms with Crippen LogP contribution in [0.3, 0.4) is 0 Å². The molecule has 1 aromatic rings. The van der Waals surface area contributed by atoms with Crippen molar-refractivity contribution in [2.75, 3.05) is 32.5 Å². The summed E-state index contributed by atoms with van der Waals surface area (Å²) >= 11 is 12.0. The second-order valence-corrected chi connectivity index (χ2v) is 6.44. The quantitative estimate of drug-likeness (QED) is 0.832. The Kier molecular flexibility index (Phi) is 5.67. The number of nitrogens with one attached hydrogen (secondary N) is 2. The minimum atomic E-state index is -0.313. The Morgan fingerprint density at radius 1 is 1.18 bits per heavy atom. The van der Waals surface area contributed by atoms with Crippen LogP contribution in [0.5, 0.6) is 0 Å². The smallest absolute Gasteiger partial charge is 0.228 e. The van der Waals surface area contributed by atoms with Crippen LogP contribution >= 0.6 is 23.2 Å². The summed E-state index contributed by atoms with van der Waals surface area (Å²) in [6, 6.07) is 5.02. The summed E-state index contributed by atoms with van der Waals surface area (Å²) in [7, 11) is 3.87. The summed E-state index contributed by atoms with van der Waals surface area (Å²) < 4.78 is 0. The van der Waals surface area contributed by atoms with E-state index in [1.807, 2.05) is 19.0 Å². The van der Waals surface area contributed by atoms with E-state index in [0.717, 1.165) is 6.54 Å². The Morgan fingerprint density at radius 3 is 2.36 bits per heavy atom. The second-order valence-electron chi connectivity index (χ2n) is 5.63. The lowest BCUT2D eigenvalue weighted by Crippen LogP contribution is -2.33. The zero-order chi connectivity index (χ0) is 16.3. The van der Waals surface area contributed by atoms with Gasteiger partial charge in [-0.05, 0) is 32.6 Å². The van der Waals surface area contributed by atoms with Crippen LogP contribution in [0.2, 0.25) is 10.0 Å². The third-order valence-electron chi connectivity index (χ3n) is 3.53. The lowest BCUT2D eigenvalue weighted by Gasteiger charge is -2.11. The summed E-state index contributed by atoms with van der Waals surface area (Å²) in [4.78, 5) is 26.1. The number of amides is 2. The van der Waals surface area contributed by atoms with Crippen LogP contribution in [-0.4, -0.2) is 43.9 Å². The molecule has 2 rings (SSSR count). The van der Waals surface area contributed by atoms with Crippen LogP contribution < -0.4 is 10.6 Å². The number of hydrogen-bond acceptors (Lipinski definition) is 3. The number of halogens is 2. The number of likely N-dealkylation sites (N-methyl/N-ethyl adjacent to an activating group) is 1. The zero-order valence-electron chi connectivity index (χ0n) is 12.5. The number of rotatable bonds is 6. The molecule has 120 valence electrons. The molecule has 0 aromatic heterocycles. The first-order valence-corrected chi connectivity index (χ1v) is 7.83. The fourth-order valence-electron chi connectivity index (χ4n) is 2.14. The van der Waals surface area contributed by atoms with Crippen molar-refractivity contribution >= 4 is 40.7 Å². The van der Waals surface area contributed by atoms with E-state index in [4.69, 9.17) is 23.2 Å². The Morgan fingerprint density at radius 2 is 1.77 bits per heavy atom. The third kappa shape index (κ3) is 4.35. The van der Waals surface area contributed by atoms with Crippen LogP contribution in [0.4, 0.5) is 5.69 Å². The maximum atomic E-state index is 12.2. The van der Waals surface area contributed by atoms with Crippen molar-refractivity contribution in [3.05, 3.63) is 28.2 Å². The molecule has 1 aliphatic rings. The summed E-state index contributed by atoms with van der Waals surface area (Å²) in [5.74, 6) is -0.870. The number of carbonyl (C=O) groups is 2. The maximum Gasteiger partial charge on any atom is 0.228 e. The summed E-state index contributed by atoms with van der Waals surface area (Å²) in [6.07, 6.45) is 0.557. The van der Waals surface area contributed by atoms with Gasteiger partial charge in [-0.3, -0.25) is 9.59 Å². The molecule has 0 aliphatic heterocycles. The molecule has 5 nitrogen and oxygen atoms in total. The molecule has 2 atom stereocenters. The van der Waals surface area contributed by atoms with E-state index in [1.165, 1.54) is 0 Å². The summed E-state index contributed by atoms with van der Waals surface area (Å²) in [5, 5.41) is 6.31. The van der Waals surface area contributed by atoms with E-state index in [2.05, 4.69) is 10.6 Å². The first kappa shape index (κ1) is 17.1. The van der Waals surface area contributed by atoms with Gasteiger partial charge in [-0.2, -0.15) is 0 Å². The third-order valence-corrected chi connectivity index (χ3v) is 4.16. The van der Waals surface area contributed by atoms with Crippen LogP contribution in [0.25, 0.3) is 0 Å². The van der Waals surface area contributed by atoms with E-state index >= 15 is 0 Å². The van der Waals surface area contributed by atoms with Crippen molar-refractivity contribution < 1.29 is 9.59 Å². The minimum absolute atomic E-state index is 0.0766. The van der Waals surface area contributed by atoms with E-state index < -0.39 is 0 Å². The highest BCUT2D eigenvalue weighted by Crippen LogP contribution is 2.40. The Labute approximate surface area is 139 Å². The molecular weight excluding hydrogens is 325 g/mol. The number of benzene rings is 1. The zero-order valence-corrected chi connectivity index (χ0v) is 14.0. The molecular formula is C15H19Cl2N3O2. The van der Waals surface area contributed by atoms with Gasteiger partial charge < -0.3 is 15.5 Å². The molecule has 0 spiro atoms. The van der Waals surface area contributed by atoms with Gasteiger partial charge in [-0.25, -0.2) is 0 Å². The SMILES string of the molecule is CN(C)CCNC(=O)C1CC1C(=O)Nc1c(Cl)cccc1Cl. The molecule has 1 aromatic carbocycles. The van der Waals surface area contributed by atoms with Crippen molar-refractivity contribution in [3.8, 4) is 0 Å². The fraction of sp³-hybridized carbons (Fsp3) is 0.467. The maximum absolute atomic E-state index is 12.2. The molecule has 0 saturated heterocycles. The number of nitrogens with zero attached hydrogens (tertiary/aromatic N) is 1. The van der Waals surface area contributed by atoms with Crippen LogP contribution in [0.1, 0.15) is 6.42 Å². The van der Waals surface area contributed by atoms with E-state index in [9.17, 15) is 9.59 Å². The predicted octanol–water partition coefficient (Wildman–Crippen LogP) is 2.25. The van der Waals surface area contributed by atoms with Gasteiger partial charge in [0.05, 0.1) is 27.6 Å². The average molecular weight is 344 g/mol. The molecule has 2 N–H and O–H groups in total. The molecule has 1 fully saturated rings. The number of para-hydroxylation sites is 1.